The van der Waals surface area contributed by atoms with Gasteiger partial charge in [0.05, 0.1) is 5.39 Å². The number of carboxylic acid groups (broad SMARTS) is 1. The Labute approximate surface area is 152 Å². The van der Waals surface area contributed by atoms with E-state index in [9.17, 15) is 14.7 Å². The van der Waals surface area contributed by atoms with Crippen LogP contribution in [0.2, 0.25) is 0 Å². The van der Waals surface area contributed by atoms with Gasteiger partial charge in [-0.3, -0.25) is 9.36 Å². The van der Waals surface area contributed by atoms with Crippen LogP contribution in [0.4, 0.5) is 0 Å². The van der Waals surface area contributed by atoms with Crippen molar-refractivity contribution in [3.05, 3.63) is 89.0 Å². The lowest BCUT2D eigenvalue weighted by molar-refractivity contribution is -0.139. The first-order valence-corrected chi connectivity index (χ1v) is 8.80. The number of hydrogen-bond donors (Lipinski definition) is 1. The van der Waals surface area contributed by atoms with Gasteiger partial charge in [-0.05, 0) is 17.2 Å². The number of aromatic nitrogens is 2. The van der Waals surface area contributed by atoms with Crippen LogP contribution in [0.15, 0.2) is 77.9 Å². The van der Waals surface area contributed by atoms with Crippen LogP contribution >= 0.6 is 11.3 Å². The molecule has 0 saturated carbocycles. The summed E-state index contributed by atoms with van der Waals surface area (Å²) in [5.74, 6) is -1.10. The Morgan fingerprint density at radius 1 is 1.04 bits per heavy atom. The maximum atomic E-state index is 13.0. The largest absolute Gasteiger partial charge is 0.479 e. The Balaban J connectivity index is 1.88. The third-order valence-corrected chi connectivity index (χ3v) is 5.25. The predicted octanol–water partition coefficient (Wildman–Crippen LogP) is 3.80. The zero-order valence-corrected chi connectivity index (χ0v) is 14.4. The van der Waals surface area contributed by atoms with Crippen LogP contribution in [0.25, 0.3) is 20.7 Å². The predicted molar refractivity (Wildman–Crippen MR) is 102 cm³/mol. The second-order valence-electron chi connectivity index (χ2n) is 5.80. The highest BCUT2D eigenvalue weighted by Gasteiger charge is 2.24. The smallest absolute Gasteiger partial charge is 0.331 e. The molecule has 0 amide bonds. The summed E-state index contributed by atoms with van der Waals surface area (Å²) in [6.07, 6.45) is 1.32. The van der Waals surface area contributed by atoms with Gasteiger partial charge < -0.3 is 5.11 Å². The van der Waals surface area contributed by atoms with Crippen molar-refractivity contribution in [3.8, 4) is 10.4 Å². The molecular formula is C20H14N2O3S. The van der Waals surface area contributed by atoms with Gasteiger partial charge in [-0.25, -0.2) is 9.78 Å². The lowest BCUT2D eigenvalue weighted by Crippen LogP contribution is -2.30. The molecule has 26 heavy (non-hydrogen) atoms. The van der Waals surface area contributed by atoms with Crippen LogP contribution in [0.3, 0.4) is 0 Å². The summed E-state index contributed by atoms with van der Waals surface area (Å²) in [4.78, 5) is 30.6. The van der Waals surface area contributed by atoms with E-state index in [0.29, 0.717) is 15.8 Å². The highest BCUT2D eigenvalue weighted by atomic mass is 32.1. The van der Waals surface area contributed by atoms with Crippen LogP contribution in [-0.2, 0) is 4.79 Å². The Kier molecular flexibility index (Phi) is 4.10. The molecule has 1 atom stereocenters. The number of rotatable bonds is 4. The zero-order valence-electron chi connectivity index (χ0n) is 13.6. The molecule has 2 aromatic carbocycles. The fraction of sp³-hybridized carbons (Fsp3) is 0.0500. The van der Waals surface area contributed by atoms with Gasteiger partial charge in [-0.2, -0.15) is 0 Å². The molecule has 0 aliphatic carbocycles. The Morgan fingerprint density at radius 2 is 1.69 bits per heavy atom. The van der Waals surface area contributed by atoms with Crippen LogP contribution in [-0.4, -0.2) is 20.6 Å². The minimum absolute atomic E-state index is 0.357. The molecule has 0 aliphatic heterocycles. The molecule has 1 N–H and O–H groups in total. The van der Waals surface area contributed by atoms with Crippen molar-refractivity contribution in [1.82, 2.24) is 9.55 Å². The van der Waals surface area contributed by atoms with E-state index in [4.69, 9.17) is 0 Å². The molecule has 2 heterocycles. The highest BCUT2D eigenvalue weighted by Crippen LogP contribution is 2.31. The van der Waals surface area contributed by atoms with E-state index in [1.165, 1.54) is 22.2 Å². The average molecular weight is 362 g/mol. The van der Waals surface area contributed by atoms with Gasteiger partial charge in [0, 0.05) is 4.88 Å². The van der Waals surface area contributed by atoms with Crippen molar-refractivity contribution in [3.63, 3.8) is 0 Å². The van der Waals surface area contributed by atoms with E-state index in [1.54, 1.807) is 36.4 Å². The number of fused-ring (bicyclic) bond motifs is 1. The number of thiophene rings is 1. The fourth-order valence-corrected chi connectivity index (χ4v) is 3.92. The minimum atomic E-state index is -1.11. The first-order valence-electron chi connectivity index (χ1n) is 7.99. The summed E-state index contributed by atoms with van der Waals surface area (Å²) in [5.41, 5.74) is 1.17. The van der Waals surface area contributed by atoms with Gasteiger partial charge in [-0.15, -0.1) is 11.3 Å². The summed E-state index contributed by atoms with van der Waals surface area (Å²) in [5, 5.41) is 10.1. The van der Waals surface area contributed by atoms with Gasteiger partial charge in [0.2, 0.25) is 0 Å². The molecule has 0 aliphatic rings. The molecule has 5 nitrogen and oxygen atoms in total. The van der Waals surface area contributed by atoms with Crippen molar-refractivity contribution in [1.29, 1.82) is 0 Å². The molecule has 2 aromatic heterocycles. The van der Waals surface area contributed by atoms with Crippen LogP contribution in [0.1, 0.15) is 11.6 Å². The summed E-state index contributed by atoms with van der Waals surface area (Å²) in [6, 6.07) is 19.1. The van der Waals surface area contributed by atoms with Crippen LogP contribution in [0, 0.1) is 0 Å². The molecule has 0 saturated heterocycles. The summed E-state index contributed by atoms with van der Waals surface area (Å²) in [6.45, 7) is 0. The highest BCUT2D eigenvalue weighted by molar-refractivity contribution is 7.21. The maximum Gasteiger partial charge on any atom is 0.331 e. The first kappa shape index (κ1) is 16.2. The van der Waals surface area contributed by atoms with Gasteiger partial charge in [0.25, 0.3) is 5.56 Å². The zero-order chi connectivity index (χ0) is 18.1. The quantitative estimate of drug-likeness (QED) is 0.599. The van der Waals surface area contributed by atoms with E-state index in [1.807, 2.05) is 30.3 Å². The van der Waals surface area contributed by atoms with Crippen molar-refractivity contribution in [2.45, 2.75) is 6.04 Å². The third kappa shape index (κ3) is 2.80. The van der Waals surface area contributed by atoms with E-state index < -0.39 is 12.0 Å². The number of carboxylic acids is 1. The van der Waals surface area contributed by atoms with Crippen LogP contribution in [0.5, 0.6) is 0 Å². The number of benzene rings is 2. The number of aliphatic carboxylic acids is 1. The van der Waals surface area contributed by atoms with Crippen molar-refractivity contribution >= 4 is 27.5 Å². The molecule has 0 bridgehead atoms. The van der Waals surface area contributed by atoms with Crippen molar-refractivity contribution in [2.75, 3.05) is 0 Å². The monoisotopic (exact) mass is 362 g/mol. The molecule has 1 unspecified atom stereocenters. The lowest BCUT2D eigenvalue weighted by Gasteiger charge is -2.15. The van der Waals surface area contributed by atoms with Crippen molar-refractivity contribution in [2.24, 2.45) is 0 Å². The van der Waals surface area contributed by atoms with Gasteiger partial charge in [0.15, 0.2) is 6.04 Å². The van der Waals surface area contributed by atoms with E-state index in [2.05, 4.69) is 4.98 Å². The molecule has 4 rings (SSSR count). The molecule has 0 spiro atoms. The molecule has 4 aromatic rings. The number of hydrogen-bond acceptors (Lipinski definition) is 4. The Bertz CT molecular complexity index is 1130. The Morgan fingerprint density at radius 3 is 2.35 bits per heavy atom. The summed E-state index contributed by atoms with van der Waals surface area (Å²) in [7, 11) is 0. The molecule has 128 valence electrons. The normalized spacial score (nSPS) is 12.2. The van der Waals surface area contributed by atoms with Gasteiger partial charge in [0.1, 0.15) is 11.2 Å². The second kappa shape index (κ2) is 6.57. The molecule has 6 heteroatoms. The van der Waals surface area contributed by atoms with Gasteiger partial charge >= 0.3 is 5.97 Å². The lowest BCUT2D eigenvalue weighted by atomic mass is 10.1. The minimum Gasteiger partial charge on any atom is -0.479 e. The molecule has 0 radical (unpaired) electrons. The number of nitrogens with zero attached hydrogens (tertiary/aromatic N) is 2. The standard InChI is InChI=1S/C20H14N2O3S/c23-19-15-11-16(13-7-3-1-4-8-13)26-18(15)21-12-22(19)17(20(24)25)14-9-5-2-6-10-14/h1-12,17H,(H,24,25). The van der Waals surface area contributed by atoms with E-state index in [-0.39, 0.29) is 5.56 Å². The van der Waals surface area contributed by atoms with Crippen molar-refractivity contribution < 1.29 is 9.90 Å². The van der Waals surface area contributed by atoms with E-state index >= 15 is 0 Å². The maximum absolute atomic E-state index is 13.0. The van der Waals surface area contributed by atoms with Gasteiger partial charge in [-0.1, -0.05) is 60.7 Å². The first-order chi connectivity index (χ1) is 12.6. The Hall–Kier alpha value is -3.25. The topological polar surface area (TPSA) is 72.2 Å². The second-order valence-corrected chi connectivity index (χ2v) is 6.83. The summed E-state index contributed by atoms with van der Waals surface area (Å²) < 4.78 is 1.18. The SMILES string of the molecule is O=C(O)C(c1ccccc1)n1cnc2sc(-c3ccccc3)cc2c1=O. The van der Waals surface area contributed by atoms with Crippen LogP contribution < -0.4 is 5.56 Å². The van der Waals surface area contributed by atoms with E-state index in [0.717, 1.165) is 10.4 Å². The summed E-state index contributed by atoms with van der Waals surface area (Å²) >= 11 is 1.42. The fourth-order valence-electron chi connectivity index (χ4n) is 2.92. The molecular weight excluding hydrogens is 348 g/mol. The third-order valence-electron chi connectivity index (χ3n) is 4.16. The number of carbonyl (C=O) groups is 1. The molecule has 0 fully saturated rings. The average Bonchev–Trinajstić information content (AvgIpc) is 3.10.